The summed E-state index contributed by atoms with van der Waals surface area (Å²) in [5.41, 5.74) is 11.4. The Hall–Kier alpha value is -3.82. The zero-order chi connectivity index (χ0) is 22.8. The van der Waals surface area contributed by atoms with Crippen LogP contribution in [0, 0.1) is 0 Å². The normalized spacial score (nSPS) is 9.73. The molecule has 0 heterocycles. The third kappa shape index (κ3) is 5.84. The van der Waals surface area contributed by atoms with Crippen LogP contribution in [0.1, 0.15) is 34.6 Å². The molecular formula is C20H26N2O8. The molecule has 0 fully saturated rings. The number of hydrogen-bond donors (Lipinski definition) is 4. The number of aromatic carboxylic acids is 2. The second-order valence-electron chi connectivity index (χ2n) is 5.62. The molecule has 0 aromatic heterocycles. The maximum Gasteiger partial charge on any atom is 0.341 e. The van der Waals surface area contributed by atoms with Gasteiger partial charge in [0.25, 0.3) is 0 Å². The molecule has 2 rings (SSSR count). The highest BCUT2D eigenvalue weighted by Gasteiger charge is 2.19. The highest BCUT2D eigenvalue weighted by Crippen LogP contribution is 2.34. The first-order valence-corrected chi connectivity index (χ1v) is 8.87. The van der Waals surface area contributed by atoms with Crippen molar-refractivity contribution in [1.82, 2.24) is 0 Å². The van der Waals surface area contributed by atoms with E-state index in [-0.39, 0.29) is 28.3 Å². The number of nitrogen functional groups attached to an aromatic ring is 2. The van der Waals surface area contributed by atoms with E-state index in [1.54, 1.807) is 19.1 Å². The smallest absolute Gasteiger partial charge is 0.341 e. The SMILES string of the molecule is CCOc1cc(OCC)c(N)c(C(=O)O)c1.COc1ccc(N)c(C(=O)O)c1OC. The maximum atomic E-state index is 10.9. The summed E-state index contributed by atoms with van der Waals surface area (Å²) in [6, 6.07) is 6.00. The molecule has 2 aromatic rings. The van der Waals surface area contributed by atoms with Crippen molar-refractivity contribution in [1.29, 1.82) is 0 Å². The molecular weight excluding hydrogens is 396 g/mol. The quantitative estimate of drug-likeness (QED) is 0.465. The van der Waals surface area contributed by atoms with E-state index < -0.39 is 11.9 Å². The lowest BCUT2D eigenvalue weighted by Gasteiger charge is -2.12. The zero-order valence-corrected chi connectivity index (χ0v) is 17.2. The van der Waals surface area contributed by atoms with Crippen LogP contribution in [0.25, 0.3) is 0 Å². The van der Waals surface area contributed by atoms with Gasteiger partial charge in [0.1, 0.15) is 17.1 Å². The third-order valence-electron chi connectivity index (χ3n) is 3.75. The summed E-state index contributed by atoms with van der Waals surface area (Å²) in [7, 11) is 2.80. The van der Waals surface area contributed by atoms with Gasteiger partial charge >= 0.3 is 11.9 Å². The molecule has 0 unspecified atom stereocenters. The van der Waals surface area contributed by atoms with Crippen molar-refractivity contribution >= 4 is 23.3 Å². The number of carboxylic acids is 2. The van der Waals surface area contributed by atoms with Gasteiger partial charge in [0.2, 0.25) is 0 Å². The van der Waals surface area contributed by atoms with Crippen molar-refractivity contribution in [3.05, 3.63) is 35.4 Å². The van der Waals surface area contributed by atoms with Gasteiger partial charge in [-0.1, -0.05) is 0 Å². The largest absolute Gasteiger partial charge is 0.494 e. The first kappa shape index (κ1) is 24.2. The van der Waals surface area contributed by atoms with Gasteiger partial charge in [0.15, 0.2) is 11.5 Å². The summed E-state index contributed by atoms with van der Waals surface area (Å²) in [5, 5.41) is 17.8. The molecule has 2 aromatic carbocycles. The van der Waals surface area contributed by atoms with Crippen LogP contribution in [0.5, 0.6) is 23.0 Å². The van der Waals surface area contributed by atoms with Crippen LogP contribution < -0.4 is 30.4 Å². The predicted octanol–water partition coefficient (Wildman–Crippen LogP) is 2.75. The molecule has 0 radical (unpaired) electrons. The van der Waals surface area contributed by atoms with Gasteiger partial charge in [0, 0.05) is 6.07 Å². The molecule has 0 spiro atoms. The van der Waals surface area contributed by atoms with Crippen LogP contribution in [0.3, 0.4) is 0 Å². The van der Waals surface area contributed by atoms with E-state index in [4.69, 9.17) is 40.6 Å². The molecule has 0 amide bonds. The lowest BCUT2D eigenvalue weighted by Crippen LogP contribution is -2.06. The summed E-state index contributed by atoms with van der Waals surface area (Å²) in [4.78, 5) is 21.8. The summed E-state index contributed by atoms with van der Waals surface area (Å²) >= 11 is 0. The Bertz CT molecular complexity index is 899. The highest BCUT2D eigenvalue weighted by molar-refractivity contribution is 5.98. The van der Waals surface area contributed by atoms with Crippen molar-refractivity contribution < 1.29 is 38.7 Å². The monoisotopic (exact) mass is 422 g/mol. The Morgan fingerprint density at radius 1 is 0.900 bits per heavy atom. The fourth-order valence-corrected chi connectivity index (χ4v) is 2.47. The van der Waals surface area contributed by atoms with Crippen LogP contribution >= 0.6 is 0 Å². The summed E-state index contributed by atoms with van der Waals surface area (Å²) in [6.45, 7) is 4.48. The van der Waals surface area contributed by atoms with Crippen LogP contribution in [0.15, 0.2) is 24.3 Å². The molecule has 10 nitrogen and oxygen atoms in total. The first-order valence-electron chi connectivity index (χ1n) is 8.87. The van der Waals surface area contributed by atoms with Gasteiger partial charge in [-0.3, -0.25) is 0 Å². The third-order valence-corrected chi connectivity index (χ3v) is 3.75. The molecule has 0 aliphatic heterocycles. The van der Waals surface area contributed by atoms with Gasteiger partial charge in [0.05, 0.1) is 44.4 Å². The minimum atomic E-state index is -1.14. The minimum Gasteiger partial charge on any atom is -0.494 e. The number of hydrogen-bond acceptors (Lipinski definition) is 8. The minimum absolute atomic E-state index is 0.00519. The van der Waals surface area contributed by atoms with E-state index in [0.717, 1.165) is 0 Å². The number of anilines is 2. The second-order valence-corrected chi connectivity index (χ2v) is 5.62. The fourth-order valence-electron chi connectivity index (χ4n) is 2.47. The lowest BCUT2D eigenvalue weighted by molar-refractivity contribution is 0.0684. The fraction of sp³-hybridized carbons (Fsp3) is 0.300. The van der Waals surface area contributed by atoms with E-state index in [0.29, 0.717) is 30.5 Å². The van der Waals surface area contributed by atoms with Crippen LogP contribution in [0.4, 0.5) is 11.4 Å². The van der Waals surface area contributed by atoms with E-state index in [1.807, 2.05) is 6.92 Å². The maximum absolute atomic E-state index is 10.9. The number of methoxy groups -OCH3 is 2. The summed E-state index contributed by atoms with van der Waals surface area (Å²) in [6.07, 6.45) is 0. The predicted molar refractivity (Wildman–Crippen MR) is 111 cm³/mol. The second kappa shape index (κ2) is 11.2. The molecule has 0 aliphatic rings. The average Bonchev–Trinajstić information content (AvgIpc) is 2.70. The molecule has 0 atom stereocenters. The van der Waals surface area contributed by atoms with E-state index in [1.165, 1.54) is 26.4 Å². The number of benzene rings is 2. The van der Waals surface area contributed by atoms with Crippen LogP contribution in [-0.4, -0.2) is 49.6 Å². The standard InChI is InChI=1S/C11H15NO4.C9H11NO4/c1-3-15-7-5-8(11(13)14)10(12)9(6-7)16-4-2;1-13-6-4-3-5(10)7(9(11)12)8(6)14-2/h5-6H,3-4,12H2,1-2H3,(H,13,14);3-4H,10H2,1-2H3,(H,11,12). The first-order chi connectivity index (χ1) is 14.2. The van der Waals surface area contributed by atoms with Gasteiger partial charge in [-0.25, -0.2) is 9.59 Å². The number of rotatable bonds is 8. The molecule has 0 saturated carbocycles. The lowest BCUT2D eigenvalue weighted by atomic mass is 10.1. The Labute approximate surface area is 173 Å². The van der Waals surface area contributed by atoms with Gasteiger partial charge < -0.3 is 40.6 Å². The Morgan fingerprint density at radius 2 is 1.53 bits per heavy atom. The molecule has 164 valence electrons. The Balaban J connectivity index is 0.000000303. The zero-order valence-electron chi connectivity index (χ0n) is 17.2. The topological polar surface area (TPSA) is 164 Å². The van der Waals surface area contributed by atoms with Crippen molar-refractivity contribution in [2.75, 3.05) is 38.9 Å². The van der Waals surface area contributed by atoms with E-state index in [9.17, 15) is 9.59 Å². The van der Waals surface area contributed by atoms with E-state index in [2.05, 4.69) is 0 Å². The van der Waals surface area contributed by atoms with Gasteiger partial charge in [-0.2, -0.15) is 0 Å². The van der Waals surface area contributed by atoms with Gasteiger partial charge in [-0.15, -0.1) is 0 Å². The van der Waals surface area contributed by atoms with Crippen LogP contribution in [-0.2, 0) is 0 Å². The van der Waals surface area contributed by atoms with Crippen LogP contribution in [0.2, 0.25) is 0 Å². The summed E-state index contributed by atoms with van der Waals surface area (Å²) in [5.74, 6) is -0.972. The number of carboxylic acid groups (broad SMARTS) is 2. The molecule has 0 aliphatic carbocycles. The average molecular weight is 422 g/mol. The Kier molecular flexibility index (Phi) is 9.08. The van der Waals surface area contributed by atoms with Crippen molar-refractivity contribution in [3.63, 3.8) is 0 Å². The Morgan fingerprint density at radius 3 is 2.00 bits per heavy atom. The van der Waals surface area contributed by atoms with E-state index >= 15 is 0 Å². The van der Waals surface area contributed by atoms with Crippen molar-refractivity contribution in [3.8, 4) is 23.0 Å². The molecule has 30 heavy (non-hydrogen) atoms. The summed E-state index contributed by atoms with van der Waals surface area (Å²) < 4.78 is 20.3. The number of ether oxygens (including phenoxy) is 4. The van der Waals surface area contributed by atoms with Crippen molar-refractivity contribution in [2.45, 2.75) is 13.8 Å². The molecule has 10 heteroatoms. The number of carbonyl (C=O) groups is 2. The highest BCUT2D eigenvalue weighted by atomic mass is 16.5. The molecule has 0 bridgehead atoms. The van der Waals surface area contributed by atoms with Crippen molar-refractivity contribution in [2.24, 2.45) is 0 Å². The molecule has 0 saturated heterocycles. The number of nitrogens with two attached hydrogens (primary N) is 2. The van der Waals surface area contributed by atoms with Gasteiger partial charge in [-0.05, 0) is 32.0 Å². The molecule has 6 N–H and O–H groups in total.